The van der Waals surface area contributed by atoms with Crippen LogP contribution in [-0.2, 0) is 16.6 Å². The number of hydrogen-bond acceptors (Lipinski definition) is 4. The van der Waals surface area contributed by atoms with Gasteiger partial charge in [0.1, 0.15) is 0 Å². The maximum Gasteiger partial charge on any atom is 0.253 e. The monoisotopic (exact) mass is 411 g/mol. The minimum atomic E-state index is -3.75. The van der Waals surface area contributed by atoms with E-state index in [2.05, 4.69) is 21.6 Å². The Kier molecular flexibility index (Phi) is 6.57. The third kappa shape index (κ3) is 4.97. The van der Waals surface area contributed by atoms with E-state index in [0.717, 1.165) is 24.3 Å². The zero-order chi connectivity index (χ0) is 20.9. The van der Waals surface area contributed by atoms with Crippen LogP contribution in [-0.4, -0.2) is 45.9 Å². The fourth-order valence-electron chi connectivity index (χ4n) is 3.48. The van der Waals surface area contributed by atoms with E-state index in [1.807, 2.05) is 18.2 Å². The zero-order valence-electron chi connectivity index (χ0n) is 16.5. The zero-order valence-corrected chi connectivity index (χ0v) is 17.3. The van der Waals surface area contributed by atoms with Gasteiger partial charge in [-0.25, -0.2) is 8.42 Å². The van der Waals surface area contributed by atoms with Crippen LogP contribution in [0.2, 0.25) is 0 Å². The molecule has 1 N–H and O–H groups in total. The topological polar surface area (TPSA) is 69.7 Å². The number of terminal acetylenes is 1. The van der Waals surface area contributed by atoms with Crippen LogP contribution in [0.1, 0.15) is 28.8 Å². The van der Waals surface area contributed by atoms with Crippen LogP contribution < -0.4 is 9.62 Å². The second-order valence-electron chi connectivity index (χ2n) is 7.04. The molecule has 1 saturated heterocycles. The molecule has 2 aromatic carbocycles. The molecule has 1 fully saturated rings. The quantitative estimate of drug-likeness (QED) is 0.711. The van der Waals surface area contributed by atoms with Gasteiger partial charge in [0, 0.05) is 37.9 Å². The summed E-state index contributed by atoms with van der Waals surface area (Å²) < 4.78 is 26.9. The summed E-state index contributed by atoms with van der Waals surface area (Å²) in [4.78, 5) is 16.9. The van der Waals surface area contributed by atoms with Gasteiger partial charge in [-0.15, -0.1) is 6.42 Å². The Hall–Kier alpha value is -2.82. The summed E-state index contributed by atoms with van der Waals surface area (Å²) in [6.45, 7) is 2.39. The Morgan fingerprint density at radius 2 is 1.90 bits per heavy atom. The third-order valence-electron chi connectivity index (χ3n) is 4.95. The van der Waals surface area contributed by atoms with Crippen molar-refractivity contribution in [3.63, 3.8) is 0 Å². The molecule has 1 aliphatic rings. The molecular weight excluding hydrogens is 386 g/mol. The Balaban J connectivity index is 1.78. The Labute approximate surface area is 172 Å². The second kappa shape index (κ2) is 9.12. The molecule has 1 amide bonds. The van der Waals surface area contributed by atoms with Gasteiger partial charge in [0.25, 0.3) is 5.91 Å². The Bertz CT molecular complexity index is 1020. The number of rotatable bonds is 7. The molecule has 0 unspecified atom stereocenters. The Morgan fingerprint density at radius 3 is 2.62 bits per heavy atom. The van der Waals surface area contributed by atoms with Gasteiger partial charge in [0.15, 0.2) is 0 Å². The van der Waals surface area contributed by atoms with Gasteiger partial charge in [0.2, 0.25) is 10.0 Å². The van der Waals surface area contributed by atoms with Gasteiger partial charge in [-0.2, -0.15) is 4.72 Å². The summed E-state index contributed by atoms with van der Waals surface area (Å²) >= 11 is 0. The number of benzene rings is 2. The number of para-hydroxylation sites is 1. The molecular formula is C22H25N3O3S. The van der Waals surface area contributed by atoms with Gasteiger partial charge < -0.3 is 9.80 Å². The van der Waals surface area contributed by atoms with E-state index in [-0.39, 0.29) is 17.3 Å². The number of hydrogen-bond donors (Lipinski definition) is 1. The van der Waals surface area contributed by atoms with E-state index in [9.17, 15) is 13.2 Å². The molecule has 3 rings (SSSR count). The highest BCUT2D eigenvalue weighted by molar-refractivity contribution is 7.89. The van der Waals surface area contributed by atoms with Crippen molar-refractivity contribution in [1.82, 2.24) is 9.62 Å². The van der Waals surface area contributed by atoms with Crippen molar-refractivity contribution in [1.29, 1.82) is 0 Å². The molecule has 2 aromatic rings. The molecule has 0 atom stereocenters. The van der Waals surface area contributed by atoms with Crippen molar-refractivity contribution < 1.29 is 13.2 Å². The van der Waals surface area contributed by atoms with E-state index in [1.165, 1.54) is 25.0 Å². The maximum absolute atomic E-state index is 12.9. The average Bonchev–Trinajstić information content (AvgIpc) is 3.27. The van der Waals surface area contributed by atoms with Crippen LogP contribution in [0.5, 0.6) is 0 Å². The van der Waals surface area contributed by atoms with Gasteiger partial charge in [0.05, 0.1) is 11.4 Å². The summed E-state index contributed by atoms with van der Waals surface area (Å²) in [5, 5.41) is 0. The number of carbonyl (C=O) groups excluding carboxylic acids is 1. The van der Waals surface area contributed by atoms with Gasteiger partial charge in [-0.05, 0) is 42.7 Å². The molecule has 1 heterocycles. The highest BCUT2D eigenvalue weighted by Gasteiger charge is 2.20. The van der Waals surface area contributed by atoms with Crippen molar-refractivity contribution in [3.8, 4) is 12.3 Å². The van der Waals surface area contributed by atoms with Crippen molar-refractivity contribution in [2.75, 3.05) is 31.6 Å². The minimum Gasteiger partial charge on any atom is -0.371 e. The van der Waals surface area contributed by atoms with Crippen molar-refractivity contribution >= 4 is 21.6 Å². The Morgan fingerprint density at radius 1 is 1.17 bits per heavy atom. The van der Waals surface area contributed by atoms with E-state index >= 15 is 0 Å². The first-order chi connectivity index (χ1) is 13.9. The van der Waals surface area contributed by atoms with Gasteiger partial charge in [-0.1, -0.05) is 30.2 Å². The summed E-state index contributed by atoms with van der Waals surface area (Å²) in [5.74, 6) is 1.99. The molecule has 0 spiro atoms. The van der Waals surface area contributed by atoms with Crippen LogP contribution in [0, 0.1) is 12.3 Å². The van der Waals surface area contributed by atoms with E-state index in [1.54, 1.807) is 24.1 Å². The average molecular weight is 412 g/mol. The predicted octanol–water partition coefficient (Wildman–Crippen LogP) is 2.47. The highest BCUT2D eigenvalue weighted by atomic mass is 32.2. The number of sulfonamides is 1. The summed E-state index contributed by atoms with van der Waals surface area (Å²) in [6, 6.07) is 14.1. The standard InChI is InChI=1S/C22H25N3O3S/c1-3-13-23-29(27,28)20-11-8-10-18(16-20)22(26)24(2)17-19-9-4-5-12-21(19)25-14-6-7-15-25/h1,4-5,8-12,16,23H,6-7,13-15,17H2,2H3. The van der Waals surface area contributed by atoms with Crippen LogP contribution in [0.3, 0.4) is 0 Å². The lowest BCUT2D eigenvalue weighted by atomic mass is 10.1. The molecule has 0 saturated carbocycles. The fourth-order valence-corrected chi connectivity index (χ4v) is 4.45. The van der Waals surface area contributed by atoms with E-state index < -0.39 is 10.0 Å². The second-order valence-corrected chi connectivity index (χ2v) is 8.81. The SMILES string of the molecule is C#CCNS(=O)(=O)c1cccc(C(=O)N(C)Cc2ccccc2N2CCCC2)c1. The number of anilines is 1. The largest absolute Gasteiger partial charge is 0.371 e. The fraction of sp³-hybridized carbons (Fsp3) is 0.318. The molecule has 1 aliphatic heterocycles. The number of amides is 1. The molecule has 0 aromatic heterocycles. The highest BCUT2D eigenvalue weighted by Crippen LogP contribution is 2.26. The lowest BCUT2D eigenvalue weighted by Gasteiger charge is -2.24. The lowest BCUT2D eigenvalue weighted by Crippen LogP contribution is -2.28. The maximum atomic E-state index is 12.9. The first-order valence-electron chi connectivity index (χ1n) is 9.54. The normalized spacial score (nSPS) is 13.9. The molecule has 0 aliphatic carbocycles. The first-order valence-corrected chi connectivity index (χ1v) is 11.0. The summed E-state index contributed by atoms with van der Waals surface area (Å²) in [6.07, 6.45) is 7.48. The smallest absolute Gasteiger partial charge is 0.253 e. The van der Waals surface area contributed by atoms with Crippen molar-refractivity contribution in [3.05, 3.63) is 59.7 Å². The molecule has 152 valence electrons. The number of nitrogens with zero attached hydrogens (tertiary/aromatic N) is 2. The van der Waals surface area contributed by atoms with E-state index in [4.69, 9.17) is 6.42 Å². The van der Waals surface area contributed by atoms with Crippen LogP contribution in [0.4, 0.5) is 5.69 Å². The van der Waals surface area contributed by atoms with Gasteiger partial charge >= 0.3 is 0 Å². The third-order valence-corrected chi connectivity index (χ3v) is 6.35. The molecule has 6 nitrogen and oxygen atoms in total. The molecule has 0 bridgehead atoms. The predicted molar refractivity (Wildman–Crippen MR) is 114 cm³/mol. The van der Waals surface area contributed by atoms with Gasteiger partial charge in [-0.3, -0.25) is 4.79 Å². The number of nitrogens with one attached hydrogen (secondary N) is 1. The van der Waals surface area contributed by atoms with Crippen LogP contribution in [0.15, 0.2) is 53.4 Å². The lowest BCUT2D eigenvalue weighted by molar-refractivity contribution is 0.0785. The van der Waals surface area contributed by atoms with E-state index in [0.29, 0.717) is 12.1 Å². The number of carbonyl (C=O) groups is 1. The van der Waals surface area contributed by atoms with Crippen molar-refractivity contribution in [2.24, 2.45) is 0 Å². The minimum absolute atomic E-state index is 0.0180. The molecule has 7 heteroatoms. The van der Waals surface area contributed by atoms with Crippen LogP contribution >= 0.6 is 0 Å². The molecule has 0 radical (unpaired) electrons. The summed E-state index contributed by atoms with van der Waals surface area (Å²) in [5.41, 5.74) is 2.54. The van der Waals surface area contributed by atoms with Crippen molar-refractivity contribution in [2.45, 2.75) is 24.3 Å². The summed E-state index contributed by atoms with van der Waals surface area (Å²) in [7, 11) is -2.03. The first kappa shape index (κ1) is 20.9. The van der Waals surface area contributed by atoms with Crippen LogP contribution in [0.25, 0.3) is 0 Å². The molecule has 29 heavy (non-hydrogen) atoms.